The van der Waals surface area contributed by atoms with Gasteiger partial charge in [-0.2, -0.15) is 13.8 Å². The van der Waals surface area contributed by atoms with Crippen molar-refractivity contribution in [2.24, 2.45) is 0 Å². The Kier molecular flexibility index (Phi) is 8.29. The van der Waals surface area contributed by atoms with Crippen molar-refractivity contribution >= 4 is 35.0 Å². The third-order valence-corrected chi connectivity index (χ3v) is 7.20. The Morgan fingerprint density at radius 1 is 1.17 bits per heavy atom. The van der Waals surface area contributed by atoms with Gasteiger partial charge in [-0.25, -0.2) is 4.98 Å². The zero-order chi connectivity index (χ0) is 29.0. The predicted molar refractivity (Wildman–Crippen MR) is 150 cm³/mol. The first kappa shape index (κ1) is 28.2. The van der Waals surface area contributed by atoms with Crippen molar-refractivity contribution in [3.63, 3.8) is 0 Å². The molecule has 2 N–H and O–H groups in total. The first-order valence-corrected chi connectivity index (χ1v) is 13.4. The second kappa shape index (κ2) is 12.0. The van der Waals surface area contributed by atoms with E-state index in [1.54, 1.807) is 18.2 Å². The lowest BCUT2D eigenvalue weighted by Gasteiger charge is -2.25. The number of amides is 2. The summed E-state index contributed by atoms with van der Waals surface area (Å²) in [5.74, 6) is -4.44. The number of alkyl halides is 2. The largest absolute Gasteiger partial charge is 0.495 e. The lowest BCUT2D eigenvalue weighted by atomic mass is 10.1. The summed E-state index contributed by atoms with van der Waals surface area (Å²) in [6.07, 6.45) is 3.34. The van der Waals surface area contributed by atoms with Gasteiger partial charge < -0.3 is 29.9 Å². The van der Waals surface area contributed by atoms with E-state index < -0.39 is 18.4 Å². The topological polar surface area (TPSA) is 109 Å². The molecule has 2 aliphatic rings. The molecule has 0 bridgehead atoms. The molecule has 0 unspecified atom stereocenters. The standard InChI is InChI=1S/C29H32F2N6O4/c1-36-23-17-32-28(34-22-9-8-20(16-24(22)40-2)26(38)33-21-11-14-41-15-12-21)35-25(23)37(18-29(30,31)27(36)39)13-10-19-6-4-3-5-7-19/h3-9,16-17,21H,10-15,18H2,1-2H3,(H,33,38)(H,32,34,35). The SMILES string of the molecule is COc1cc(C(=O)NC2CCOCC2)ccc1Nc1ncc2c(n1)N(CCc1ccccc1)CC(F)(F)C(=O)N2C. The van der Waals surface area contributed by atoms with Crippen molar-refractivity contribution in [1.29, 1.82) is 0 Å². The molecule has 2 aliphatic heterocycles. The highest BCUT2D eigenvalue weighted by atomic mass is 19.3. The molecule has 0 spiro atoms. The number of fused-ring (bicyclic) bond motifs is 1. The van der Waals surface area contributed by atoms with Crippen molar-refractivity contribution in [3.8, 4) is 5.75 Å². The van der Waals surface area contributed by atoms with E-state index in [-0.39, 0.29) is 35.9 Å². The van der Waals surface area contributed by atoms with E-state index in [0.717, 1.165) is 23.3 Å². The van der Waals surface area contributed by atoms with Gasteiger partial charge in [0.15, 0.2) is 5.82 Å². The summed E-state index contributed by atoms with van der Waals surface area (Å²) in [5.41, 5.74) is 2.06. The maximum absolute atomic E-state index is 14.9. The lowest BCUT2D eigenvalue weighted by Crippen LogP contribution is -2.46. The van der Waals surface area contributed by atoms with E-state index in [4.69, 9.17) is 9.47 Å². The van der Waals surface area contributed by atoms with Crippen LogP contribution < -0.4 is 25.2 Å². The molecule has 10 nitrogen and oxygen atoms in total. The molecule has 0 radical (unpaired) electrons. The van der Waals surface area contributed by atoms with Gasteiger partial charge in [-0.15, -0.1) is 0 Å². The average Bonchev–Trinajstić information content (AvgIpc) is 3.05. The van der Waals surface area contributed by atoms with Gasteiger partial charge in [-0.05, 0) is 43.0 Å². The van der Waals surface area contributed by atoms with Gasteiger partial charge in [-0.3, -0.25) is 9.59 Å². The summed E-state index contributed by atoms with van der Waals surface area (Å²) in [6.45, 7) is 0.628. The van der Waals surface area contributed by atoms with E-state index in [2.05, 4.69) is 20.6 Å². The number of nitrogens with zero attached hydrogens (tertiary/aromatic N) is 4. The third kappa shape index (κ3) is 6.37. The van der Waals surface area contributed by atoms with Crippen LogP contribution in [0.4, 0.5) is 31.9 Å². The molecule has 3 heterocycles. The van der Waals surface area contributed by atoms with E-state index in [1.165, 1.54) is 25.3 Å². The van der Waals surface area contributed by atoms with Crippen LogP contribution in [0.25, 0.3) is 0 Å². The molecule has 0 aliphatic carbocycles. The summed E-state index contributed by atoms with van der Waals surface area (Å²) < 4.78 is 40.7. The van der Waals surface area contributed by atoms with Gasteiger partial charge in [0.1, 0.15) is 11.4 Å². The maximum atomic E-state index is 14.9. The molecule has 1 saturated heterocycles. The van der Waals surface area contributed by atoms with E-state index >= 15 is 0 Å². The fourth-order valence-corrected chi connectivity index (χ4v) is 4.89. The van der Waals surface area contributed by atoms with Gasteiger partial charge in [0.25, 0.3) is 11.8 Å². The molecule has 1 aromatic heterocycles. The molecule has 0 atom stereocenters. The number of methoxy groups -OCH3 is 1. The summed E-state index contributed by atoms with van der Waals surface area (Å²) >= 11 is 0. The molecule has 1 fully saturated rings. The Bertz CT molecular complexity index is 1400. The zero-order valence-corrected chi connectivity index (χ0v) is 22.9. The fraction of sp³-hybridized carbons (Fsp3) is 0.379. The predicted octanol–water partition coefficient (Wildman–Crippen LogP) is 3.80. The molecule has 3 aromatic rings. The number of halogens is 2. The summed E-state index contributed by atoms with van der Waals surface area (Å²) in [4.78, 5) is 36.5. The summed E-state index contributed by atoms with van der Waals surface area (Å²) in [6, 6.07) is 14.5. The van der Waals surface area contributed by atoms with Crippen molar-refractivity contribution in [2.45, 2.75) is 31.2 Å². The molecule has 12 heteroatoms. The number of ether oxygens (including phenoxy) is 2. The molecule has 41 heavy (non-hydrogen) atoms. The number of carbonyl (C=O) groups is 2. The lowest BCUT2D eigenvalue weighted by molar-refractivity contribution is -0.140. The second-order valence-electron chi connectivity index (χ2n) is 10.0. The molecular formula is C29H32F2N6O4. The number of rotatable bonds is 8. The van der Waals surface area contributed by atoms with Gasteiger partial charge in [0.2, 0.25) is 5.95 Å². The van der Waals surface area contributed by atoms with Crippen LogP contribution in [0.5, 0.6) is 5.75 Å². The minimum absolute atomic E-state index is 0.0512. The number of benzene rings is 2. The minimum Gasteiger partial charge on any atom is -0.495 e. The van der Waals surface area contributed by atoms with Crippen molar-refractivity contribution in [1.82, 2.24) is 15.3 Å². The number of aromatic nitrogens is 2. The van der Waals surface area contributed by atoms with Crippen LogP contribution in [-0.4, -0.2) is 74.2 Å². The van der Waals surface area contributed by atoms with E-state index in [1.807, 2.05) is 30.3 Å². The number of hydrogen-bond acceptors (Lipinski definition) is 8. The smallest absolute Gasteiger partial charge is 0.342 e. The Morgan fingerprint density at radius 2 is 1.93 bits per heavy atom. The first-order valence-electron chi connectivity index (χ1n) is 13.4. The monoisotopic (exact) mass is 566 g/mol. The summed E-state index contributed by atoms with van der Waals surface area (Å²) in [7, 11) is 2.77. The fourth-order valence-electron chi connectivity index (χ4n) is 4.89. The molecule has 216 valence electrons. The highest BCUT2D eigenvalue weighted by molar-refractivity contribution is 6.02. The van der Waals surface area contributed by atoms with Crippen molar-refractivity contribution in [3.05, 3.63) is 65.9 Å². The van der Waals surface area contributed by atoms with E-state index in [0.29, 0.717) is 36.6 Å². The second-order valence-corrected chi connectivity index (χ2v) is 10.0. The molecule has 5 rings (SSSR count). The third-order valence-electron chi connectivity index (χ3n) is 7.20. The maximum Gasteiger partial charge on any atom is 0.342 e. The van der Waals surface area contributed by atoms with Crippen LogP contribution >= 0.6 is 0 Å². The van der Waals surface area contributed by atoms with Gasteiger partial charge in [0.05, 0.1) is 25.5 Å². The van der Waals surface area contributed by atoms with E-state index in [9.17, 15) is 18.4 Å². The average molecular weight is 567 g/mol. The minimum atomic E-state index is -3.61. The van der Waals surface area contributed by atoms with Crippen molar-refractivity contribution < 1.29 is 27.8 Å². The number of hydrogen-bond donors (Lipinski definition) is 2. The normalized spacial score (nSPS) is 17.0. The molecular weight excluding hydrogens is 534 g/mol. The molecule has 2 amide bonds. The van der Waals surface area contributed by atoms with Crippen LogP contribution in [0, 0.1) is 0 Å². The van der Waals surface area contributed by atoms with Gasteiger partial charge in [0, 0.05) is 38.4 Å². The Balaban J connectivity index is 1.39. The Labute approximate surface area is 236 Å². The van der Waals surface area contributed by atoms with Crippen LogP contribution in [0.3, 0.4) is 0 Å². The first-order chi connectivity index (χ1) is 19.7. The zero-order valence-electron chi connectivity index (χ0n) is 22.9. The Hall–Kier alpha value is -4.32. The quantitative estimate of drug-likeness (QED) is 0.424. The Morgan fingerprint density at radius 3 is 2.66 bits per heavy atom. The van der Waals surface area contributed by atoms with Gasteiger partial charge >= 0.3 is 5.92 Å². The van der Waals surface area contributed by atoms with Crippen LogP contribution in [0.2, 0.25) is 0 Å². The molecule has 0 saturated carbocycles. The number of anilines is 4. The van der Waals surface area contributed by atoms with Crippen LogP contribution in [0.15, 0.2) is 54.7 Å². The van der Waals surface area contributed by atoms with Crippen LogP contribution in [-0.2, 0) is 16.0 Å². The number of carbonyl (C=O) groups excluding carboxylic acids is 2. The van der Waals surface area contributed by atoms with Crippen molar-refractivity contribution in [2.75, 3.05) is 55.6 Å². The number of nitrogens with one attached hydrogen (secondary N) is 2. The van der Waals surface area contributed by atoms with Gasteiger partial charge in [-0.1, -0.05) is 30.3 Å². The van der Waals surface area contributed by atoms with Crippen LogP contribution in [0.1, 0.15) is 28.8 Å². The summed E-state index contributed by atoms with van der Waals surface area (Å²) in [5, 5.41) is 6.09. The molecule has 2 aromatic carbocycles. The highest BCUT2D eigenvalue weighted by Gasteiger charge is 2.47. The highest BCUT2D eigenvalue weighted by Crippen LogP contribution is 2.36.